The van der Waals surface area contributed by atoms with Crippen LogP contribution in [0.25, 0.3) is 16.7 Å². The van der Waals surface area contributed by atoms with Crippen molar-refractivity contribution in [1.82, 2.24) is 14.5 Å². The molecule has 1 aliphatic heterocycles. The third kappa shape index (κ3) is 3.33. The molecule has 0 unspecified atom stereocenters. The molecule has 29 heavy (non-hydrogen) atoms. The fraction of sp³-hybridized carbons (Fsp3) is 0.174. The third-order valence-corrected chi connectivity index (χ3v) is 5.29. The van der Waals surface area contributed by atoms with E-state index in [1.807, 2.05) is 71.6 Å². The number of nitrogens with zero attached hydrogens (tertiary/aromatic N) is 4. The lowest BCUT2D eigenvalue weighted by atomic mass is 10.2. The van der Waals surface area contributed by atoms with Gasteiger partial charge < -0.3 is 10.2 Å². The average Bonchev–Trinajstić information content (AvgIpc) is 3.45. The van der Waals surface area contributed by atoms with Crippen molar-refractivity contribution >= 4 is 28.4 Å². The van der Waals surface area contributed by atoms with Crippen LogP contribution in [0.15, 0.2) is 73.2 Å². The van der Waals surface area contributed by atoms with Gasteiger partial charge in [-0.25, -0.2) is 9.97 Å². The van der Waals surface area contributed by atoms with Gasteiger partial charge in [-0.05, 0) is 61.4 Å². The summed E-state index contributed by atoms with van der Waals surface area (Å²) < 4.78 is 2.04. The van der Waals surface area contributed by atoms with Gasteiger partial charge in [-0.1, -0.05) is 12.1 Å². The molecule has 4 aromatic rings. The van der Waals surface area contributed by atoms with Gasteiger partial charge in [0.2, 0.25) is 0 Å². The van der Waals surface area contributed by atoms with E-state index < -0.39 is 0 Å². The van der Waals surface area contributed by atoms with Crippen molar-refractivity contribution in [2.75, 3.05) is 23.3 Å². The molecule has 0 atom stereocenters. The molecule has 1 amide bonds. The zero-order valence-electron chi connectivity index (χ0n) is 16.0. The van der Waals surface area contributed by atoms with E-state index in [1.54, 1.807) is 6.20 Å². The molecule has 5 rings (SSSR count). The van der Waals surface area contributed by atoms with Crippen molar-refractivity contribution < 1.29 is 4.79 Å². The number of nitrogens with one attached hydrogen (secondary N) is 1. The first kappa shape index (κ1) is 17.4. The maximum atomic E-state index is 12.9. The number of imidazole rings is 1. The first-order chi connectivity index (χ1) is 14.3. The number of aromatic nitrogens is 3. The Hall–Kier alpha value is -3.67. The Labute approximate surface area is 168 Å². The number of amides is 1. The fourth-order valence-electron chi connectivity index (χ4n) is 3.82. The topological polar surface area (TPSA) is 63.1 Å². The molecule has 3 heterocycles. The summed E-state index contributed by atoms with van der Waals surface area (Å²) in [5.41, 5.74) is 4.36. The lowest BCUT2D eigenvalue weighted by Crippen LogP contribution is -2.24. The summed E-state index contributed by atoms with van der Waals surface area (Å²) in [5.74, 6) is 0.629. The third-order valence-electron chi connectivity index (χ3n) is 5.29. The molecule has 144 valence electrons. The number of benzene rings is 2. The van der Waals surface area contributed by atoms with Gasteiger partial charge in [0.1, 0.15) is 12.1 Å². The number of rotatable bonds is 4. The summed E-state index contributed by atoms with van der Waals surface area (Å²) in [6.07, 6.45) is 5.84. The molecule has 6 nitrogen and oxygen atoms in total. The molecule has 0 radical (unpaired) electrons. The van der Waals surface area contributed by atoms with Crippen molar-refractivity contribution in [2.24, 2.45) is 0 Å². The van der Waals surface area contributed by atoms with Crippen LogP contribution in [0.2, 0.25) is 0 Å². The Kier molecular flexibility index (Phi) is 4.44. The van der Waals surface area contributed by atoms with Crippen LogP contribution in [0, 0.1) is 0 Å². The normalized spacial score (nSPS) is 13.7. The number of pyridine rings is 1. The summed E-state index contributed by atoms with van der Waals surface area (Å²) in [4.78, 5) is 24.0. The first-order valence-electron chi connectivity index (χ1n) is 9.83. The van der Waals surface area contributed by atoms with E-state index in [2.05, 4.69) is 20.2 Å². The molecule has 1 fully saturated rings. The molecular weight excluding hydrogens is 362 g/mol. The molecule has 1 saturated heterocycles. The molecule has 0 spiro atoms. The van der Waals surface area contributed by atoms with E-state index in [9.17, 15) is 4.79 Å². The number of anilines is 2. The SMILES string of the molecule is O=C(Nc1ccc(-n2cnc3ccccc32)cc1)c1cccnc1N1CCCC1. The number of hydrogen-bond donors (Lipinski definition) is 1. The quantitative estimate of drug-likeness (QED) is 0.572. The molecule has 6 heteroatoms. The van der Waals surface area contributed by atoms with Gasteiger partial charge in [0, 0.05) is 30.7 Å². The molecule has 2 aromatic heterocycles. The maximum absolute atomic E-state index is 12.9. The van der Waals surface area contributed by atoms with Crippen molar-refractivity contribution in [3.05, 3.63) is 78.8 Å². The highest BCUT2D eigenvalue weighted by Crippen LogP contribution is 2.24. The highest BCUT2D eigenvalue weighted by molar-refractivity contribution is 6.07. The Morgan fingerprint density at radius 3 is 2.52 bits per heavy atom. The minimum atomic E-state index is -0.138. The predicted molar refractivity (Wildman–Crippen MR) is 115 cm³/mol. The van der Waals surface area contributed by atoms with Crippen LogP contribution in [0.4, 0.5) is 11.5 Å². The second-order valence-corrected chi connectivity index (χ2v) is 7.17. The molecule has 0 saturated carbocycles. The van der Waals surface area contributed by atoms with Crippen LogP contribution < -0.4 is 10.2 Å². The summed E-state index contributed by atoms with van der Waals surface area (Å²) in [6.45, 7) is 1.90. The van der Waals surface area contributed by atoms with Crippen molar-refractivity contribution in [3.8, 4) is 5.69 Å². The van der Waals surface area contributed by atoms with Crippen LogP contribution in [0.3, 0.4) is 0 Å². The number of para-hydroxylation sites is 2. The van der Waals surface area contributed by atoms with Crippen LogP contribution in [-0.4, -0.2) is 33.5 Å². The largest absolute Gasteiger partial charge is 0.356 e. The Morgan fingerprint density at radius 1 is 0.897 bits per heavy atom. The fourth-order valence-corrected chi connectivity index (χ4v) is 3.82. The van der Waals surface area contributed by atoms with E-state index in [0.29, 0.717) is 5.56 Å². The summed E-state index contributed by atoms with van der Waals surface area (Å²) >= 11 is 0. The van der Waals surface area contributed by atoms with Crippen LogP contribution >= 0.6 is 0 Å². The highest BCUT2D eigenvalue weighted by Gasteiger charge is 2.20. The zero-order valence-corrected chi connectivity index (χ0v) is 16.0. The minimum absolute atomic E-state index is 0.138. The summed E-state index contributed by atoms with van der Waals surface area (Å²) in [5, 5.41) is 3.00. The van der Waals surface area contributed by atoms with Crippen molar-refractivity contribution in [3.63, 3.8) is 0 Å². The van der Waals surface area contributed by atoms with Gasteiger partial charge in [-0.3, -0.25) is 9.36 Å². The number of carbonyl (C=O) groups excluding carboxylic acids is 1. The second-order valence-electron chi connectivity index (χ2n) is 7.17. The lowest BCUT2D eigenvalue weighted by molar-refractivity contribution is 0.102. The van der Waals surface area contributed by atoms with Gasteiger partial charge in [-0.15, -0.1) is 0 Å². The molecule has 0 bridgehead atoms. The van der Waals surface area contributed by atoms with E-state index >= 15 is 0 Å². The summed E-state index contributed by atoms with van der Waals surface area (Å²) in [6, 6.07) is 19.4. The monoisotopic (exact) mass is 383 g/mol. The van der Waals surface area contributed by atoms with Crippen LogP contribution in [-0.2, 0) is 0 Å². The lowest BCUT2D eigenvalue weighted by Gasteiger charge is -2.19. The zero-order chi connectivity index (χ0) is 19.6. The van der Waals surface area contributed by atoms with E-state index in [4.69, 9.17) is 0 Å². The standard InChI is InChI=1S/C23H21N5O/c29-23(19-6-5-13-24-22(19)27-14-3-4-15-27)26-17-9-11-18(12-10-17)28-16-25-20-7-1-2-8-21(20)28/h1-2,5-13,16H,3-4,14-15H2,(H,26,29). The number of carbonyl (C=O) groups is 1. The Bertz CT molecular complexity index is 1160. The second kappa shape index (κ2) is 7.39. The molecule has 1 N–H and O–H groups in total. The van der Waals surface area contributed by atoms with Crippen molar-refractivity contribution in [2.45, 2.75) is 12.8 Å². The molecule has 2 aromatic carbocycles. The smallest absolute Gasteiger partial charge is 0.259 e. The molecular formula is C23H21N5O. The van der Waals surface area contributed by atoms with Gasteiger partial charge in [0.05, 0.1) is 16.6 Å². The molecule has 1 aliphatic rings. The predicted octanol–water partition coefficient (Wildman–Crippen LogP) is 4.27. The highest BCUT2D eigenvalue weighted by atomic mass is 16.1. The Morgan fingerprint density at radius 2 is 1.69 bits per heavy atom. The van der Waals surface area contributed by atoms with E-state index in [-0.39, 0.29) is 5.91 Å². The maximum Gasteiger partial charge on any atom is 0.259 e. The average molecular weight is 383 g/mol. The van der Waals surface area contributed by atoms with E-state index in [0.717, 1.165) is 54.2 Å². The van der Waals surface area contributed by atoms with Gasteiger partial charge >= 0.3 is 0 Å². The summed E-state index contributed by atoms with van der Waals surface area (Å²) in [7, 11) is 0. The first-order valence-corrected chi connectivity index (χ1v) is 9.83. The number of hydrogen-bond acceptors (Lipinski definition) is 4. The van der Waals surface area contributed by atoms with Crippen LogP contribution in [0.5, 0.6) is 0 Å². The van der Waals surface area contributed by atoms with Gasteiger partial charge in [-0.2, -0.15) is 0 Å². The minimum Gasteiger partial charge on any atom is -0.356 e. The molecule has 0 aliphatic carbocycles. The van der Waals surface area contributed by atoms with Gasteiger partial charge in [0.25, 0.3) is 5.91 Å². The van der Waals surface area contributed by atoms with E-state index in [1.165, 1.54) is 0 Å². The van der Waals surface area contributed by atoms with Gasteiger partial charge in [0.15, 0.2) is 0 Å². The number of fused-ring (bicyclic) bond motifs is 1. The van der Waals surface area contributed by atoms with Crippen LogP contribution in [0.1, 0.15) is 23.2 Å². The van der Waals surface area contributed by atoms with Crippen molar-refractivity contribution in [1.29, 1.82) is 0 Å². The Balaban J connectivity index is 1.37.